The van der Waals surface area contributed by atoms with E-state index in [1.54, 1.807) is 24.3 Å². The van der Waals surface area contributed by atoms with Crippen molar-refractivity contribution in [2.24, 2.45) is 0 Å². The SMILES string of the molecule is Cc1cccc(-c2cc(-c3cc4ccccc4oc3=O)nc(Cc3ccc(F)cc3)n2)c1. The van der Waals surface area contributed by atoms with Crippen molar-refractivity contribution in [1.82, 2.24) is 9.97 Å². The molecule has 0 fully saturated rings. The third-order valence-electron chi connectivity index (χ3n) is 5.28. The summed E-state index contributed by atoms with van der Waals surface area (Å²) in [6.45, 7) is 2.02. The molecule has 3 aromatic carbocycles. The van der Waals surface area contributed by atoms with E-state index < -0.39 is 5.63 Å². The minimum absolute atomic E-state index is 0.294. The first kappa shape index (κ1) is 19.8. The van der Waals surface area contributed by atoms with E-state index in [9.17, 15) is 9.18 Å². The highest BCUT2D eigenvalue weighted by molar-refractivity contribution is 5.81. The summed E-state index contributed by atoms with van der Waals surface area (Å²) in [5, 5.41) is 0.818. The van der Waals surface area contributed by atoms with E-state index in [1.807, 2.05) is 55.5 Å². The maximum atomic E-state index is 13.3. The molecular formula is C27H19FN2O2. The van der Waals surface area contributed by atoms with Crippen LogP contribution in [0.4, 0.5) is 4.39 Å². The van der Waals surface area contributed by atoms with Crippen LogP contribution < -0.4 is 5.63 Å². The number of para-hydroxylation sites is 1. The van der Waals surface area contributed by atoms with Gasteiger partial charge in [0, 0.05) is 17.4 Å². The van der Waals surface area contributed by atoms with E-state index >= 15 is 0 Å². The molecule has 5 rings (SSSR count). The highest BCUT2D eigenvalue weighted by Crippen LogP contribution is 2.26. The molecule has 4 nitrogen and oxygen atoms in total. The topological polar surface area (TPSA) is 56.0 Å². The third kappa shape index (κ3) is 4.05. The van der Waals surface area contributed by atoms with E-state index in [0.29, 0.717) is 34.8 Å². The summed E-state index contributed by atoms with van der Waals surface area (Å²) >= 11 is 0. The van der Waals surface area contributed by atoms with Crippen molar-refractivity contribution in [3.8, 4) is 22.5 Å². The van der Waals surface area contributed by atoms with Crippen LogP contribution in [0, 0.1) is 12.7 Å². The van der Waals surface area contributed by atoms with Crippen molar-refractivity contribution in [3.05, 3.63) is 118 Å². The van der Waals surface area contributed by atoms with Crippen LogP contribution >= 0.6 is 0 Å². The molecule has 0 radical (unpaired) electrons. The first-order valence-corrected chi connectivity index (χ1v) is 10.3. The maximum Gasteiger partial charge on any atom is 0.345 e. The summed E-state index contributed by atoms with van der Waals surface area (Å²) in [5.74, 6) is 0.246. The Morgan fingerprint density at radius 3 is 2.44 bits per heavy atom. The van der Waals surface area contributed by atoms with Crippen molar-refractivity contribution in [2.45, 2.75) is 13.3 Å². The molecule has 0 saturated heterocycles. The van der Waals surface area contributed by atoms with Gasteiger partial charge in [-0.3, -0.25) is 0 Å². The van der Waals surface area contributed by atoms with Crippen LogP contribution in [-0.2, 0) is 6.42 Å². The molecule has 0 atom stereocenters. The van der Waals surface area contributed by atoms with Crippen LogP contribution in [0.25, 0.3) is 33.5 Å². The first-order chi connectivity index (χ1) is 15.5. The minimum Gasteiger partial charge on any atom is -0.422 e. The fourth-order valence-electron chi connectivity index (χ4n) is 3.69. The molecule has 0 unspecified atom stereocenters. The molecule has 5 aromatic rings. The van der Waals surface area contributed by atoms with Crippen LogP contribution in [0.3, 0.4) is 0 Å². The largest absolute Gasteiger partial charge is 0.422 e. The minimum atomic E-state index is -0.453. The van der Waals surface area contributed by atoms with Crippen LogP contribution in [0.1, 0.15) is 17.0 Å². The van der Waals surface area contributed by atoms with Gasteiger partial charge < -0.3 is 4.42 Å². The Hall–Kier alpha value is -4.12. The number of aryl methyl sites for hydroxylation is 1. The van der Waals surface area contributed by atoms with Gasteiger partial charge in [-0.15, -0.1) is 0 Å². The van der Waals surface area contributed by atoms with Crippen molar-refractivity contribution in [3.63, 3.8) is 0 Å². The Labute approximate surface area is 184 Å². The molecule has 32 heavy (non-hydrogen) atoms. The third-order valence-corrected chi connectivity index (χ3v) is 5.28. The standard InChI is InChI=1S/C27H19FN2O2/c1-17-5-4-7-19(13-17)23-16-24(22-15-20-6-2-3-8-25(20)32-27(22)31)30-26(29-23)14-18-9-11-21(28)12-10-18/h2-13,15-16H,14H2,1H3. The predicted molar refractivity (Wildman–Crippen MR) is 123 cm³/mol. The Morgan fingerprint density at radius 2 is 1.62 bits per heavy atom. The zero-order valence-electron chi connectivity index (χ0n) is 17.4. The maximum absolute atomic E-state index is 13.3. The molecule has 0 saturated carbocycles. The lowest BCUT2D eigenvalue weighted by molar-refractivity contribution is 0.563. The smallest absolute Gasteiger partial charge is 0.345 e. The summed E-state index contributed by atoms with van der Waals surface area (Å²) in [6.07, 6.45) is 0.409. The van der Waals surface area contributed by atoms with Gasteiger partial charge in [-0.2, -0.15) is 0 Å². The number of hydrogen-bond donors (Lipinski definition) is 0. The van der Waals surface area contributed by atoms with Crippen LogP contribution in [0.5, 0.6) is 0 Å². The van der Waals surface area contributed by atoms with Crippen LogP contribution in [-0.4, -0.2) is 9.97 Å². The molecule has 2 heterocycles. The Kier molecular flexibility index (Phi) is 5.07. The number of halogens is 1. The molecule has 0 aliphatic heterocycles. The number of nitrogens with zero attached hydrogens (tertiary/aromatic N) is 2. The zero-order valence-corrected chi connectivity index (χ0v) is 17.4. The molecule has 0 aliphatic rings. The van der Waals surface area contributed by atoms with Crippen LogP contribution in [0.2, 0.25) is 0 Å². The van der Waals surface area contributed by atoms with Gasteiger partial charge in [0.25, 0.3) is 0 Å². The van der Waals surface area contributed by atoms with Gasteiger partial charge in [-0.05, 0) is 48.9 Å². The molecule has 2 aromatic heterocycles. The normalized spacial score (nSPS) is 11.1. The Balaban J connectivity index is 1.67. The lowest BCUT2D eigenvalue weighted by atomic mass is 10.0. The summed E-state index contributed by atoms with van der Waals surface area (Å²) in [7, 11) is 0. The number of aromatic nitrogens is 2. The van der Waals surface area contributed by atoms with E-state index in [-0.39, 0.29) is 5.82 Å². The number of rotatable bonds is 4. The second-order valence-electron chi connectivity index (χ2n) is 7.71. The summed E-state index contributed by atoms with van der Waals surface area (Å²) in [5.41, 5.74) is 4.57. The molecule has 0 aliphatic carbocycles. The van der Waals surface area contributed by atoms with Crippen LogP contribution in [0.15, 0.2) is 94.1 Å². The summed E-state index contributed by atoms with van der Waals surface area (Å²) in [4.78, 5) is 22.2. The van der Waals surface area contributed by atoms with Crippen molar-refractivity contribution >= 4 is 11.0 Å². The molecule has 0 N–H and O–H groups in total. The zero-order chi connectivity index (χ0) is 22.1. The van der Waals surface area contributed by atoms with E-state index in [4.69, 9.17) is 9.40 Å². The quantitative estimate of drug-likeness (QED) is 0.336. The summed E-state index contributed by atoms with van der Waals surface area (Å²) < 4.78 is 18.9. The highest BCUT2D eigenvalue weighted by atomic mass is 19.1. The fraction of sp³-hybridized carbons (Fsp3) is 0.0741. The molecular weight excluding hydrogens is 403 g/mol. The van der Waals surface area contributed by atoms with Crippen molar-refractivity contribution in [1.29, 1.82) is 0 Å². The van der Waals surface area contributed by atoms with Gasteiger partial charge in [0.15, 0.2) is 0 Å². The van der Waals surface area contributed by atoms with Gasteiger partial charge in [0.1, 0.15) is 17.2 Å². The molecule has 0 spiro atoms. The lowest BCUT2D eigenvalue weighted by Crippen LogP contribution is -2.07. The monoisotopic (exact) mass is 422 g/mol. The van der Waals surface area contributed by atoms with Gasteiger partial charge in [0.05, 0.1) is 17.0 Å². The number of hydrogen-bond acceptors (Lipinski definition) is 4. The highest BCUT2D eigenvalue weighted by Gasteiger charge is 2.14. The molecule has 5 heteroatoms. The molecule has 0 bridgehead atoms. The Bertz CT molecular complexity index is 1490. The molecule has 156 valence electrons. The Morgan fingerprint density at radius 1 is 0.844 bits per heavy atom. The van der Waals surface area contributed by atoms with E-state index in [0.717, 1.165) is 22.1 Å². The number of benzene rings is 3. The van der Waals surface area contributed by atoms with Crippen molar-refractivity contribution < 1.29 is 8.81 Å². The second-order valence-corrected chi connectivity index (χ2v) is 7.71. The van der Waals surface area contributed by atoms with Crippen molar-refractivity contribution in [2.75, 3.05) is 0 Å². The number of fused-ring (bicyclic) bond motifs is 1. The average Bonchev–Trinajstić information content (AvgIpc) is 2.80. The average molecular weight is 422 g/mol. The van der Waals surface area contributed by atoms with E-state index in [2.05, 4.69) is 4.98 Å². The second kappa shape index (κ2) is 8.19. The summed E-state index contributed by atoms with van der Waals surface area (Å²) in [6, 6.07) is 25.2. The van der Waals surface area contributed by atoms with Gasteiger partial charge in [-0.1, -0.05) is 54.1 Å². The van der Waals surface area contributed by atoms with Gasteiger partial charge >= 0.3 is 5.63 Å². The fourth-order valence-corrected chi connectivity index (χ4v) is 3.69. The predicted octanol–water partition coefficient (Wildman–Crippen LogP) is 5.96. The first-order valence-electron chi connectivity index (χ1n) is 10.3. The molecule has 0 amide bonds. The van der Waals surface area contributed by atoms with Gasteiger partial charge in [0.2, 0.25) is 0 Å². The lowest BCUT2D eigenvalue weighted by Gasteiger charge is -2.10. The van der Waals surface area contributed by atoms with E-state index in [1.165, 1.54) is 12.1 Å². The van der Waals surface area contributed by atoms with Gasteiger partial charge in [-0.25, -0.2) is 19.2 Å².